The average Bonchev–Trinajstić information content (AvgIpc) is 2.74. The summed E-state index contributed by atoms with van der Waals surface area (Å²) in [6, 6.07) is 7.91. The molecule has 2 aromatic rings. The number of rotatable bonds is 4. The molecule has 1 aromatic carbocycles. The fourth-order valence-electron chi connectivity index (χ4n) is 1.91. The van der Waals surface area contributed by atoms with E-state index in [1.807, 2.05) is 49.6 Å². The number of para-hydroxylation sites is 2. The second-order valence-corrected chi connectivity index (χ2v) is 4.47. The predicted molar refractivity (Wildman–Crippen MR) is 73.5 cm³/mol. The van der Waals surface area contributed by atoms with Crippen molar-refractivity contribution in [3.8, 4) is 0 Å². The molecule has 1 atom stereocenters. The molecule has 0 fully saturated rings. The van der Waals surface area contributed by atoms with Gasteiger partial charge < -0.3 is 4.57 Å². The number of hydrogen-bond acceptors (Lipinski definition) is 2. The van der Waals surface area contributed by atoms with Crippen LogP contribution < -0.4 is 5.32 Å². The number of carbonyl (C=O) groups is 1. The highest BCUT2D eigenvalue weighted by Crippen LogP contribution is 2.20. The van der Waals surface area contributed by atoms with E-state index in [2.05, 4.69) is 10.3 Å². The van der Waals surface area contributed by atoms with Gasteiger partial charge in [0, 0.05) is 12.5 Å². The van der Waals surface area contributed by atoms with Crippen molar-refractivity contribution in [2.75, 3.05) is 5.32 Å². The Bertz CT molecular complexity index is 559. The summed E-state index contributed by atoms with van der Waals surface area (Å²) in [7, 11) is 0. The molecular formula is C14H19N3O. The largest absolute Gasteiger partial charge is 0.310 e. The van der Waals surface area contributed by atoms with Gasteiger partial charge in [0.25, 0.3) is 0 Å². The Balaban J connectivity index is 2.36. The summed E-state index contributed by atoms with van der Waals surface area (Å²) in [4.78, 5) is 16.4. The van der Waals surface area contributed by atoms with Gasteiger partial charge in [0.2, 0.25) is 11.9 Å². The summed E-state index contributed by atoms with van der Waals surface area (Å²) >= 11 is 0. The fourth-order valence-corrected chi connectivity index (χ4v) is 1.91. The molecule has 0 radical (unpaired) electrons. The Morgan fingerprint density at radius 2 is 2.11 bits per heavy atom. The monoisotopic (exact) mass is 245 g/mol. The molecule has 4 heteroatoms. The lowest BCUT2D eigenvalue weighted by Crippen LogP contribution is -2.22. The van der Waals surface area contributed by atoms with Gasteiger partial charge in [-0.15, -0.1) is 0 Å². The molecule has 0 aliphatic heterocycles. The summed E-state index contributed by atoms with van der Waals surface area (Å²) in [5, 5.41) is 2.91. The van der Waals surface area contributed by atoms with Crippen LogP contribution in [0.3, 0.4) is 0 Å². The van der Waals surface area contributed by atoms with Gasteiger partial charge in [-0.3, -0.25) is 10.1 Å². The number of fused-ring (bicyclic) bond motifs is 1. The third-order valence-electron chi connectivity index (χ3n) is 3.27. The Morgan fingerprint density at radius 1 is 1.39 bits per heavy atom. The molecule has 0 saturated heterocycles. The van der Waals surface area contributed by atoms with E-state index < -0.39 is 0 Å². The van der Waals surface area contributed by atoms with Gasteiger partial charge in [0.05, 0.1) is 11.0 Å². The molecule has 4 nitrogen and oxygen atoms in total. The maximum atomic E-state index is 11.9. The SMILES string of the molecule is CCC(C)C(=O)Nc1nc2ccccc2n1CC. The second-order valence-electron chi connectivity index (χ2n) is 4.47. The van der Waals surface area contributed by atoms with Crippen molar-refractivity contribution in [1.29, 1.82) is 0 Å². The number of aryl methyl sites for hydroxylation is 1. The molecule has 1 N–H and O–H groups in total. The molecule has 18 heavy (non-hydrogen) atoms. The van der Waals surface area contributed by atoms with Gasteiger partial charge in [-0.2, -0.15) is 0 Å². The Kier molecular flexibility index (Phi) is 3.65. The molecule has 0 aliphatic rings. The summed E-state index contributed by atoms with van der Waals surface area (Å²) < 4.78 is 2.02. The van der Waals surface area contributed by atoms with Crippen LogP contribution >= 0.6 is 0 Å². The van der Waals surface area contributed by atoms with Crippen molar-refractivity contribution in [3.05, 3.63) is 24.3 Å². The highest BCUT2D eigenvalue weighted by Gasteiger charge is 2.15. The van der Waals surface area contributed by atoms with Gasteiger partial charge >= 0.3 is 0 Å². The lowest BCUT2D eigenvalue weighted by molar-refractivity contribution is -0.119. The second kappa shape index (κ2) is 5.21. The summed E-state index contributed by atoms with van der Waals surface area (Å²) in [5.41, 5.74) is 1.97. The van der Waals surface area contributed by atoms with Crippen molar-refractivity contribution in [3.63, 3.8) is 0 Å². The minimum atomic E-state index is 0.00937. The number of imidazole rings is 1. The lowest BCUT2D eigenvalue weighted by atomic mass is 10.1. The van der Waals surface area contributed by atoms with E-state index in [0.717, 1.165) is 24.0 Å². The molecule has 1 aromatic heterocycles. The summed E-state index contributed by atoms with van der Waals surface area (Å²) in [5.74, 6) is 0.682. The van der Waals surface area contributed by atoms with Crippen LogP contribution in [0.2, 0.25) is 0 Å². The van der Waals surface area contributed by atoms with Gasteiger partial charge in [0.1, 0.15) is 0 Å². The zero-order chi connectivity index (χ0) is 13.1. The standard InChI is InChI=1S/C14H19N3O/c1-4-10(3)13(18)16-14-15-11-8-6-7-9-12(11)17(14)5-2/h6-10H,4-5H2,1-3H3,(H,15,16,18). The van der Waals surface area contributed by atoms with Gasteiger partial charge in [0.15, 0.2) is 0 Å². The van der Waals surface area contributed by atoms with Crippen LogP contribution in [-0.4, -0.2) is 15.5 Å². The maximum absolute atomic E-state index is 11.9. The zero-order valence-electron chi connectivity index (χ0n) is 11.1. The van der Waals surface area contributed by atoms with Crippen LogP contribution in [0.25, 0.3) is 11.0 Å². The molecule has 0 spiro atoms. The van der Waals surface area contributed by atoms with E-state index in [4.69, 9.17) is 0 Å². The molecule has 1 amide bonds. The van der Waals surface area contributed by atoms with E-state index in [9.17, 15) is 4.79 Å². The highest BCUT2D eigenvalue weighted by molar-refractivity contribution is 5.92. The number of benzene rings is 1. The van der Waals surface area contributed by atoms with Crippen molar-refractivity contribution in [2.24, 2.45) is 5.92 Å². The van der Waals surface area contributed by atoms with Crippen LogP contribution in [0.5, 0.6) is 0 Å². The molecule has 1 unspecified atom stereocenters. The first-order valence-corrected chi connectivity index (χ1v) is 6.43. The van der Waals surface area contributed by atoms with E-state index in [1.165, 1.54) is 0 Å². The molecule has 96 valence electrons. The first-order chi connectivity index (χ1) is 8.67. The van der Waals surface area contributed by atoms with Crippen LogP contribution in [0.4, 0.5) is 5.95 Å². The number of aromatic nitrogens is 2. The molecule has 2 rings (SSSR count). The Labute approximate surface area is 107 Å². The first kappa shape index (κ1) is 12.6. The van der Waals surface area contributed by atoms with Gasteiger partial charge in [-0.1, -0.05) is 26.0 Å². The number of nitrogens with one attached hydrogen (secondary N) is 1. The van der Waals surface area contributed by atoms with Gasteiger partial charge in [-0.05, 0) is 25.5 Å². The molecule has 0 saturated carbocycles. The van der Waals surface area contributed by atoms with E-state index in [-0.39, 0.29) is 11.8 Å². The minimum absolute atomic E-state index is 0.00937. The van der Waals surface area contributed by atoms with Crippen molar-refractivity contribution < 1.29 is 4.79 Å². The number of nitrogens with zero attached hydrogens (tertiary/aromatic N) is 2. The number of amides is 1. The molecular weight excluding hydrogens is 226 g/mol. The summed E-state index contributed by atoms with van der Waals surface area (Å²) in [6.07, 6.45) is 0.832. The maximum Gasteiger partial charge on any atom is 0.229 e. The quantitative estimate of drug-likeness (QED) is 0.900. The minimum Gasteiger partial charge on any atom is -0.310 e. The Morgan fingerprint density at radius 3 is 2.78 bits per heavy atom. The molecule has 1 heterocycles. The molecule has 0 aliphatic carbocycles. The molecule has 0 bridgehead atoms. The third-order valence-corrected chi connectivity index (χ3v) is 3.27. The fraction of sp³-hybridized carbons (Fsp3) is 0.429. The number of anilines is 1. The van der Waals surface area contributed by atoms with E-state index >= 15 is 0 Å². The van der Waals surface area contributed by atoms with E-state index in [0.29, 0.717) is 5.95 Å². The first-order valence-electron chi connectivity index (χ1n) is 6.43. The summed E-state index contributed by atoms with van der Waals surface area (Å²) in [6.45, 7) is 6.77. The van der Waals surface area contributed by atoms with Crippen LogP contribution in [-0.2, 0) is 11.3 Å². The van der Waals surface area contributed by atoms with Crippen molar-refractivity contribution in [1.82, 2.24) is 9.55 Å². The van der Waals surface area contributed by atoms with E-state index in [1.54, 1.807) is 0 Å². The van der Waals surface area contributed by atoms with Gasteiger partial charge in [-0.25, -0.2) is 4.98 Å². The zero-order valence-corrected chi connectivity index (χ0v) is 11.1. The highest BCUT2D eigenvalue weighted by atomic mass is 16.2. The van der Waals surface area contributed by atoms with Crippen LogP contribution in [0.15, 0.2) is 24.3 Å². The Hall–Kier alpha value is -1.84. The van der Waals surface area contributed by atoms with Crippen LogP contribution in [0, 0.1) is 5.92 Å². The van der Waals surface area contributed by atoms with Crippen molar-refractivity contribution in [2.45, 2.75) is 33.7 Å². The normalized spacial score (nSPS) is 12.6. The lowest BCUT2D eigenvalue weighted by Gasteiger charge is -2.10. The average molecular weight is 245 g/mol. The number of carbonyl (C=O) groups excluding carboxylic acids is 1. The smallest absolute Gasteiger partial charge is 0.229 e. The topological polar surface area (TPSA) is 46.9 Å². The third kappa shape index (κ3) is 2.23. The number of hydrogen-bond donors (Lipinski definition) is 1. The van der Waals surface area contributed by atoms with Crippen LogP contribution in [0.1, 0.15) is 27.2 Å². The van der Waals surface area contributed by atoms with Crippen molar-refractivity contribution >= 4 is 22.9 Å². The predicted octanol–water partition coefficient (Wildman–Crippen LogP) is 3.04.